The number of ether oxygens (including phenoxy) is 11. The Morgan fingerprint density at radius 1 is 0.408 bits per heavy atom. The van der Waals surface area contributed by atoms with Gasteiger partial charge in [-0.3, -0.25) is 0 Å². The van der Waals surface area contributed by atoms with E-state index < -0.39 is 73.4 Å². The predicted octanol–water partition coefficient (Wildman–Crippen LogP) is 9.46. The average molecular weight is 1030 g/mol. The van der Waals surface area contributed by atoms with Crippen LogP contribution in [0.15, 0.2) is 206 Å². The molecule has 0 bridgehead atoms. The number of carbonyl (C=O) groups is 2. The van der Waals surface area contributed by atoms with Crippen LogP contribution >= 0.6 is 0 Å². The molecule has 2 aliphatic heterocycles. The molecule has 1 N–H and O–H groups in total. The van der Waals surface area contributed by atoms with Gasteiger partial charge in [-0.1, -0.05) is 170 Å². The number of rotatable bonds is 24. The van der Waals surface area contributed by atoms with Gasteiger partial charge in [0.25, 0.3) is 0 Å². The van der Waals surface area contributed by atoms with Crippen molar-refractivity contribution in [3.05, 3.63) is 245 Å². The molecule has 0 aromatic heterocycles. The Bertz CT molecular complexity index is 2790. The van der Waals surface area contributed by atoms with Gasteiger partial charge in [0, 0.05) is 0 Å². The summed E-state index contributed by atoms with van der Waals surface area (Å²) >= 11 is 0. The SMILES string of the molecule is COc1ccc(CO[C@H]2[C@@H](O[C@@H]3[C@H](OC(=O)c4ccccc4)[C@@H](OC(=O)c4ccccc4)[C@H](O)O[C@@H]3COCc3ccccc3)O[C@H](COCc3ccccc3)[C@H](OCc3ccccc3)[C@@H]2OCc2ccccc2)cc1. The Balaban J connectivity index is 1.13. The van der Waals surface area contributed by atoms with Crippen molar-refractivity contribution in [1.29, 1.82) is 0 Å². The molecule has 2 saturated heterocycles. The lowest BCUT2D eigenvalue weighted by molar-refractivity contribution is -0.367. The fourth-order valence-electron chi connectivity index (χ4n) is 9.01. The summed E-state index contributed by atoms with van der Waals surface area (Å²) < 4.78 is 72.3. The van der Waals surface area contributed by atoms with Gasteiger partial charge in [0.2, 0.25) is 0 Å². The smallest absolute Gasteiger partial charge is 0.338 e. The zero-order chi connectivity index (χ0) is 52.3. The van der Waals surface area contributed by atoms with Crippen LogP contribution in [0, 0.1) is 0 Å². The van der Waals surface area contributed by atoms with Crippen molar-refractivity contribution in [3.63, 3.8) is 0 Å². The van der Waals surface area contributed by atoms with Crippen molar-refractivity contribution in [2.75, 3.05) is 20.3 Å². The Hall–Kier alpha value is -7.08. The van der Waals surface area contributed by atoms with E-state index in [1.165, 1.54) is 0 Å². The predicted molar refractivity (Wildman–Crippen MR) is 280 cm³/mol. The van der Waals surface area contributed by atoms with Crippen LogP contribution < -0.4 is 4.74 Å². The standard InChI is InChI=1S/C62H62O14/c1-66-50-34-32-47(33-35-50)40-71-58-55(70-39-46-26-14-5-15-27-46)53(69-38-45-24-12-4-13-25-45)51(41-67-36-43-20-8-2-9-21-43)73-62(58)76-54-52(42-68-37-44-22-10-3-11-23-44)72-61(65)57(75-60(64)49-30-18-7-19-31-49)56(54)74-59(63)48-28-16-6-17-29-48/h2-35,51-58,61-62,65H,36-42H2,1H3/t51-,52-,53+,54+,55+,56+,57-,58-,61-,62-/m1/s1. The zero-order valence-corrected chi connectivity index (χ0v) is 42.1. The number of hydrogen-bond acceptors (Lipinski definition) is 14. The molecule has 0 spiro atoms. The Labute approximate surface area is 442 Å². The van der Waals surface area contributed by atoms with Crippen molar-refractivity contribution in [2.24, 2.45) is 0 Å². The third-order valence-corrected chi connectivity index (χ3v) is 13.0. The monoisotopic (exact) mass is 1030 g/mol. The van der Waals surface area contributed by atoms with Crippen molar-refractivity contribution >= 4 is 11.9 Å². The minimum Gasteiger partial charge on any atom is -0.497 e. The highest BCUT2D eigenvalue weighted by molar-refractivity contribution is 5.90. The molecule has 0 amide bonds. The lowest BCUT2D eigenvalue weighted by Gasteiger charge is -2.49. The number of carbonyl (C=O) groups excluding carboxylic acids is 2. The molecule has 7 aromatic carbocycles. The van der Waals surface area contributed by atoms with E-state index in [1.807, 2.05) is 146 Å². The molecule has 76 heavy (non-hydrogen) atoms. The van der Waals surface area contributed by atoms with Crippen molar-refractivity contribution in [3.8, 4) is 5.75 Å². The molecule has 10 atom stereocenters. The molecule has 394 valence electrons. The number of benzene rings is 7. The quantitative estimate of drug-likeness (QED) is 0.0571. The first-order valence-electron chi connectivity index (χ1n) is 25.3. The Morgan fingerprint density at radius 2 is 0.789 bits per heavy atom. The number of aliphatic hydroxyl groups excluding tert-OH is 1. The molecular formula is C62H62O14. The summed E-state index contributed by atoms with van der Waals surface area (Å²) in [5, 5.41) is 12.0. The van der Waals surface area contributed by atoms with Crippen LogP contribution in [-0.2, 0) is 80.4 Å². The second-order valence-corrected chi connectivity index (χ2v) is 18.3. The molecule has 14 nitrogen and oxygen atoms in total. The van der Waals surface area contributed by atoms with Gasteiger partial charge in [0.05, 0.1) is 64.5 Å². The highest BCUT2D eigenvalue weighted by Gasteiger charge is 2.56. The topological polar surface area (TPSA) is 156 Å². The van der Waals surface area contributed by atoms with Gasteiger partial charge in [0.15, 0.2) is 24.8 Å². The minimum absolute atomic E-state index is 0.0117. The summed E-state index contributed by atoms with van der Waals surface area (Å²) in [6.45, 7) is 0.634. The molecule has 0 unspecified atom stereocenters. The van der Waals surface area contributed by atoms with E-state index in [0.717, 1.165) is 27.8 Å². The van der Waals surface area contributed by atoms with Crippen molar-refractivity contribution in [2.45, 2.75) is 94.4 Å². The van der Waals surface area contributed by atoms with Gasteiger partial charge in [-0.2, -0.15) is 0 Å². The maximum absolute atomic E-state index is 14.3. The van der Waals surface area contributed by atoms with Crippen LogP contribution in [0.4, 0.5) is 0 Å². The van der Waals surface area contributed by atoms with E-state index in [2.05, 4.69) is 0 Å². The lowest BCUT2D eigenvalue weighted by atomic mass is 9.95. The number of methoxy groups -OCH3 is 1. The van der Waals surface area contributed by atoms with Crippen LogP contribution in [0.3, 0.4) is 0 Å². The van der Waals surface area contributed by atoms with E-state index >= 15 is 0 Å². The summed E-state index contributed by atoms with van der Waals surface area (Å²) in [6, 6.07) is 62.9. The highest BCUT2D eigenvalue weighted by atomic mass is 16.8. The van der Waals surface area contributed by atoms with E-state index in [9.17, 15) is 14.7 Å². The number of esters is 2. The van der Waals surface area contributed by atoms with Crippen LogP contribution in [0.1, 0.15) is 48.5 Å². The maximum Gasteiger partial charge on any atom is 0.338 e. The van der Waals surface area contributed by atoms with Crippen LogP contribution in [0.25, 0.3) is 0 Å². The highest BCUT2D eigenvalue weighted by Crippen LogP contribution is 2.36. The fourth-order valence-corrected chi connectivity index (χ4v) is 9.01. The Kier molecular flexibility index (Phi) is 19.5. The molecule has 0 aliphatic carbocycles. The fraction of sp³-hybridized carbons (Fsp3) is 0.290. The van der Waals surface area contributed by atoms with E-state index in [4.69, 9.17) is 52.1 Å². The molecule has 2 aliphatic rings. The second kappa shape index (κ2) is 27.6. The molecule has 7 aromatic rings. The molecule has 2 heterocycles. The van der Waals surface area contributed by atoms with E-state index in [-0.39, 0.29) is 57.4 Å². The first-order valence-corrected chi connectivity index (χ1v) is 25.3. The molecule has 14 heteroatoms. The number of aliphatic hydroxyl groups is 1. The zero-order valence-electron chi connectivity index (χ0n) is 42.1. The normalized spacial score (nSPS) is 23.3. The van der Waals surface area contributed by atoms with Gasteiger partial charge in [0.1, 0.15) is 42.4 Å². The largest absolute Gasteiger partial charge is 0.497 e. The van der Waals surface area contributed by atoms with Crippen molar-refractivity contribution < 1.29 is 66.8 Å². The first kappa shape index (κ1) is 53.7. The van der Waals surface area contributed by atoms with Gasteiger partial charge >= 0.3 is 11.9 Å². The summed E-state index contributed by atoms with van der Waals surface area (Å²) in [7, 11) is 1.60. The molecule has 9 rings (SSSR count). The molecular weight excluding hydrogens is 969 g/mol. The average Bonchev–Trinajstić information content (AvgIpc) is 3.49. The Morgan fingerprint density at radius 3 is 1.25 bits per heavy atom. The molecule has 2 fully saturated rings. The van der Waals surface area contributed by atoms with Crippen LogP contribution in [-0.4, -0.2) is 98.8 Å². The van der Waals surface area contributed by atoms with Crippen LogP contribution in [0.2, 0.25) is 0 Å². The summed E-state index contributed by atoms with van der Waals surface area (Å²) in [6.07, 6.45) is -12.6. The van der Waals surface area contributed by atoms with Gasteiger partial charge in [-0.05, 0) is 64.2 Å². The third kappa shape index (κ3) is 14.9. The molecule has 0 saturated carbocycles. The lowest BCUT2D eigenvalue weighted by Crippen LogP contribution is -2.66. The second-order valence-electron chi connectivity index (χ2n) is 18.3. The van der Waals surface area contributed by atoms with E-state index in [1.54, 1.807) is 67.8 Å². The van der Waals surface area contributed by atoms with Gasteiger partial charge < -0.3 is 57.2 Å². The summed E-state index contributed by atoms with van der Waals surface area (Å²) in [5.41, 5.74) is 4.81. The van der Waals surface area contributed by atoms with Crippen LogP contribution in [0.5, 0.6) is 5.75 Å². The number of hydrogen-bond donors (Lipinski definition) is 1. The van der Waals surface area contributed by atoms with Crippen molar-refractivity contribution in [1.82, 2.24) is 0 Å². The summed E-state index contributed by atoms with van der Waals surface area (Å²) in [5.74, 6) is -0.911. The van der Waals surface area contributed by atoms with Gasteiger partial charge in [-0.15, -0.1) is 0 Å². The third-order valence-electron chi connectivity index (χ3n) is 13.0. The van der Waals surface area contributed by atoms with Gasteiger partial charge in [-0.25, -0.2) is 9.59 Å². The van der Waals surface area contributed by atoms with E-state index in [0.29, 0.717) is 5.75 Å². The molecule has 0 radical (unpaired) electrons. The maximum atomic E-state index is 14.3. The first-order chi connectivity index (χ1) is 37.4. The minimum atomic E-state index is -1.82. The summed E-state index contributed by atoms with van der Waals surface area (Å²) in [4.78, 5) is 28.3.